The van der Waals surface area contributed by atoms with Crippen LogP contribution in [0.3, 0.4) is 0 Å². The standard InChI is InChI=1S/C30H30F2N10/c1-16(2)37-21-9-18(11-33-12-21)27-26(32)25-23(15-36-27)40-41-29(25)30-38-24-14-34-13-22(28(24)39-30)17-7-19(31)10-20(8-17)35-5-6-42(3)4/h7-16,35,37H,5-6H2,1-4H3,(H,38,39)(H,40,41). The minimum atomic E-state index is -0.544. The van der Waals surface area contributed by atoms with Crippen LogP contribution in [0.2, 0.25) is 0 Å². The summed E-state index contributed by atoms with van der Waals surface area (Å²) in [5, 5.41) is 14.0. The third-order valence-corrected chi connectivity index (χ3v) is 6.73. The number of rotatable bonds is 9. The summed E-state index contributed by atoms with van der Waals surface area (Å²) in [7, 11) is 3.96. The predicted molar refractivity (Wildman–Crippen MR) is 161 cm³/mol. The molecule has 42 heavy (non-hydrogen) atoms. The van der Waals surface area contributed by atoms with Crippen LogP contribution in [0.5, 0.6) is 0 Å². The molecular formula is C30H30F2N10. The van der Waals surface area contributed by atoms with E-state index in [1.54, 1.807) is 31.0 Å². The number of nitrogens with zero attached hydrogens (tertiary/aromatic N) is 6. The van der Waals surface area contributed by atoms with Gasteiger partial charge in [0.25, 0.3) is 0 Å². The number of aromatic nitrogens is 7. The zero-order chi connectivity index (χ0) is 29.4. The van der Waals surface area contributed by atoms with Gasteiger partial charge in [0.05, 0.1) is 40.0 Å². The maximum atomic E-state index is 16.1. The van der Waals surface area contributed by atoms with Crippen LogP contribution in [0.15, 0.2) is 55.2 Å². The van der Waals surface area contributed by atoms with E-state index in [0.29, 0.717) is 57.0 Å². The summed E-state index contributed by atoms with van der Waals surface area (Å²) in [5.41, 5.74) is 5.24. The second-order valence-electron chi connectivity index (χ2n) is 10.7. The second kappa shape index (κ2) is 11.1. The Bertz CT molecular complexity index is 1890. The fourth-order valence-electron chi connectivity index (χ4n) is 4.86. The fourth-order valence-corrected chi connectivity index (χ4v) is 4.86. The lowest BCUT2D eigenvalue weighted by Crippen LogP contribution is -2.20. The van der Waals surface area contributed by atoms with Crippen LogP contribution in [0, 0.1) is 11.6 Å². The highest BCUT2D eigenvalue weighted by Gasteiger charge is 2.22. The number of fused-ring (bicyclic) bond motifs is 2. The molecule has 0 amide bonds. The van der Waals surface area contributed by atoms with Gasteiger partial charge in [-0.05, 0) is 57.8 Å². The highest BCUT2D eigenvalue weighted by atomic mass is 19.1. The quantitative estimate of drug-likeness (QED) is 0.175. The van der Waals surface area contributed by atoms with Crippen LogP contribution in [-0.2, 0) is 0 Å². The monoisotopic (exact) mass is 568 g/mol. The van der Waals surface area contributed by atoms with Crippen LogP contribution in [0.1, 0.15) is 13.8 Å². The molecule has 0 aliphatic heterocycles. The summed E-state index contributed by atoms with van der Waals surface area (Å²) in [6.45, 7) is 5.49. The Kier molecular flexibility index (Phi) is 7.21. The number of anilines is 2. The molecule has 0 atom stereocenters. The molecule has 0 aliphatic carbocycles. The van der Waals surface area contributed by atoms with Crippen molar-refractivity contribution < 1.29 is 8.78 Å². The van der Waals surface area contributed by atoms with Crippen molar-refractivity contribution in [3.63, 3.8) is 0 Å². The van der Waals surface area contributed by atoms with E-state index in [4.69, 9.17) is 4.98 Å². The van der Waals surface area contributed by atoms with E-state index >= 15 is 4.39 Å². The summed E-state index contributed by atoms with van der Waals surface area (Å²) in [6.07, 6.45) is 8.07. The van der Waals surface area contributed by atoms with Crippen LogP contribution in [-0.4, -0.2) is 73.2 Å². The normalized spacial score (nSPS) is 11.7. The largest absolute Gasteiger partial charge is 0.384 e. The number of nitrogens with one attached hydrogen (secondary N) is 4. The number of hydrogen-bond donors (Lipinski definition) is 4. The molecular weight excluding hydrogens is 538 g/mol. The summed E-state index contributed by atoms with van der Waals surface area (Å²) in [5.74, 6) is -0.581. The lowest BCUT2D eigenvalue weighted by Gasteiger charge is -2.12. The molecule has 6 rings (SSSR count). The Morgan fingerprint density at radius 3 is 2.50 bits per heavy atom. The molecule has 4 N–H and O–H groups in total. The molecule has 0 aliphatic rings. The number of hydrogen-bond acceptors (Lipinski definition) is 8. The second-order valence-corrected chi connectivity index (χ2v) is 10.7. The van der Waals surface area contributed by atoms with Crippen molar-refractivity contribution in [2.75, 3.05) is 37.8 Å². The van der Waals surface area contributed by atoms with Gasteiger partial charge >= 0.3 is 0 Å². The maximum Gasteiger partial charge on any atom is 0.161 e. The van der Waals surface area contributed by atoms with E-state index < -0.39 is 5.82 Å². The first-order valence-electron chi connectivity index (χ1n) is 13.5. The minimum Gasteiger partial charge on any atom is -0.384 e. The van der Waals surface area contributed by atoms with Crippen LogP contribution < -0.4 is 10.6 Å². The number of H-pyrrole nitrogens is 2. The van der Waals surface area contributed by atoms with Gasteiger partial charge in [-0.3, -0.25) is 20.1 Å². The molecule has 0 spiro atoms. The molecule has 5 aromatic heterocycles. The van der Waals surface area contributed by atoms with Crippen LogP contribution >= 0.6 is 0 Å². The van der Waals surface area contributed by atoms with Gasteiger partial charge in [-0.25, -0.2) is 13.8 Å². The van der Waals surface area contributed by atoms with Gasteiger partial charge in [0.15, 0.2) is 11.6 Å². The summed E-state index contributed by atoms with van der Waals surface area (Å²) in [4.78, 5) is 23.0. The van der Waals surface area contributed by atoms with Gasteiger partial charge in [0.2, 0.25) is 0 Å². The Morgan fingerprint density at radius 1 is 0.881 bits per heavy atom. The van der Waals surface area contributed by atoms with Crippen molar-refractivity contribution >= 4 is 33.3 Å². The Balaban J connectivity index is 1.41. The molecule has 6 aromatic rings. The van der Waals surface area contributed by atoms with Crippen molar-refractivity contribution in [1.82, 2.24) is 40.0 Å². The number of imidazole rings is 1. The zero-order valence-corrected chi connectivity index (χ0v) is 23.6. The minimum absolute atomic E-state index is 0.151. The molecule has 10 nitrogen and oxygen atoms in total. The van der Waals surface area contributed by atoms with Gasteiger partial charge in [-0.1, -0.05) is 0 Å². The van der Waals surface area contributed by atoms with Gasteiger partial charge < -0.3 is 20.5 Å². The summed E-state index contributed by atoms with van der Waals surface area (Å²) in [6, 6.07) is 6.76. The Hall–Kier alpha value is -4.97. The first-order valence-corrected chi connectivity index (χ1v) is 13.5. The smallest absolute Gasteiger partial charge is 0.161 e. The first-order chi connectivity index (χ1) is 20.3. The molecule has 12 heteroatoms. The third-order valence-electron chi connectivity index (χ3n) is 6.73. The summed E-state index contributed by atoms with van der Waals surface area (Å²) >= 11 is 0. The molecule has 0 saturated heterocycles. The van der Waals surface area contributed by atoms with Crippen molar-refractivity contribution in [3.05, 3.63) is 66.9 Å². The third kappa shape index (κ3) is 5.36. The Labute approximate surface area is 240 Å². The number of likely N-dealkylation sites (N-methyl/N-ethyl adjacent to an activating group) is 1. The molecule has 214 valence electrons. The van der Waals surface area contributed by atoms with Crippen LogP contribution in [0.4, 0.5) is 20.2 Å². The number of halogens is 2. The first kappa shape index (κ1) is 27.2. The molecule has 5 heterocycles. The molecule has 0 unspecified atom stereocenters. The average molecular weight is 569 g/mol. The van der Waals surface area contributed by atoms with E-state index in [-0.39, 0.29) is 22.9 Å². The van der Waals surface area contributed by atoms with Crippen molar-refractivity contribution in [2.24, 2.45) is 0 Å². The van der Waals surface area contributed by atoms with Gasteiger partial charge in [0.1, 0.15) is 17.2 Å². The summed E-state index contributed by atoms with van der Waals surface area (Å²) < 4.78 is 30.7. The van der Waals surface area contributed by atoms with E-state index in [1.165, 1.54) is 12.1 Å². The molecule has 0 saturated carbocycles. The lowest BCUT2D eigenvalue weighted by atomic mass is 10.1. The highest BCUT2D eigenvalue weighted by Crippen LogP contribution is 2.35. The van der Waals surface area contributed by atoms with Crippen LogP contribution in [0.25, 0.3) is 55.8 Å². The molecule has 0 fully saturated rings. The van der Waals surface area contributed by atoms with Gasteiger partial charge in [0, 0.05) is 54.5 Å². The number of pyridine rings is 3. The zero-order valence-electron chi connectivity index (χ0n) is 23.6. The van der Waals surface area contributed by atoms with Gasteiger partial charge in [-0.15, -0.1) is 0 Å². The fraction of sp³-hybridized carbons (Fsp3) is 0.233. The van der Waals surface area contributed by atoms with Crippen molar-refractivity contribution in [1.29, 1.82) is 0 Å². The highest BCUT2D eigenvalue weighted by molar-refractivity contribution is 5.98. The molecule has 0 radical (unpaired) electrons. The van der Waals surface area contributed by atoms with Crippen molar-refractivity contribution in [3.8, 4) is 33.9 Å². The van der Waals surface area contributed by atoms with E-state index in [2.05, 4.69) is 40.8 Å². The Morgan fingerprint density at radius 2 is 1.69 bits per heavy atom. The maximum absolute atomic E-state index is 16.1. The topological polar surface area (TPSA) is 123 Å². The van der Waals surface area contributed by atoms with E-state index in [0.717, 1.165) is 12.2 Å². The predicted octanol–water partition coefficient (Wildman–Crippen LogP) is 5.70. The molecule has 0 bridgehead atoms. The average Bonchev–Trinajstić information content (AvgIpc) is 3.57. The molecule has 1 aromatic carbocycles. The lowest BCUT2D eigenvalue weighted by molar-refractivity contribution is 0.425. The SMILES string of the molecule is CC(C)Nc1cncc(-c2ncc3[nH]nc(-c4nc5c(-c6cc(F)cc(NCCN(C)C)c6)cncc5[nH]4)c3c2F)c1. The van der Waals surface area contributed by atoms with E-state index in [9.17, 15) is 4.39 Å². The van der Waals surface area contributed by atoms with E-state index in [1.807, 2.05) is 45.0 Å². The number of aromatic amines is 2. The van der Waals surface area contributed by atoms with Gasteiger partial charge in [-0.2, -0.15) is 5.10 Å². The number of benzene rings is 1. The van der Waals surface area contributed by atoms with Crippen molar-refractivity contribution in [2.45, 2.75) is 19.9 Å².